The second-order valence-corrected chi connectivity index (χ2v) is 3.59. The van der Waals surface area contributed by atoms with E-state index < -0.39 is 0 Å². The van der Waals surface area contributed by atoms with Crippen molar-refractivity contribution < 1.29 is 14.3 Å². The molecule has 0 rings (SSSR count). The molecule has 0 aliphatic carbocycles. The molecule has 0 aromatic rings. The van der Waals surface area contributed by atoms with Crippen molar-refractivity contribution in [2.45, 2.75) is 45.8 Å². The minimum absolute atomic E-state index is 0.0857. The third-order valence-corrected chi connectivity index (χ3v) is 1.70. The Morgan fingerprint density at radius 2 is 2.00 bits per heavy atom. The number of ether oxygens (including phenoxy) is 2. The fraction of sp³-hybridized carbons (Fsp3) is 0.889. The molecule has 3 nitrogen and oxygen atoms in total. The summed E-state index contributed by atoms with van der Waals surface area (Å²) in [5.74, 6) is -0.241. The van der Waals surface area contributed by atoms with Gasteiger partial charge in [0.15, 0.2) is 0 Å². The summed E-state index contributed by atoms with van der Waals surface area (Å²) in [5, 5.41) is 0. The van der Waals surface area contributed by atoms with Crippen molar-refractivity contribution >= 4 is 5.97 Å². The lowest BCUT2D eigenvalue weighted by Crippen LogP contribution is -2.29. The zero-order valence-electron chi connectivity index (χ0n) is 8.51. The number of esters is 1. The van der Waals surface area contributed by atoms with Gasteiger partial charge in [-0.3, -0.25) is 4.79 Å². The Kier molecular flexibility index (Phi) is 4.24. The number of methoxy groups -OCH3 is 1. The molecular weight excluding hydrogens is 156 g/mol. The summed E-state index contributed by atoms with van der Waals surface area (Å²) in [6, 6.07) is 0. The quantitative estimate of drug-likeness (QED) is 0.609. The largest absolute Gasteiger partial charge is 0.463 e. The first-order valence-corrected chi connectivity index (χ1v) is 4.10. The van der Waals surface area contributed by atoms with Gasteiger partial charge in [-0.1, -0.05) is 0 Å². The Bertz CT molecular complexity index is 152. The van der Waals surface area contributed by atoms with Gasteiger partial charge in [0.25, 0.3) is 0 Å². The highest BCUT2D eigenvalue weighted by atomic mass is 16.5. The van der Waals surface area contributed by atoms with Gasteiger partial charge in [-0.25, -0.2) is 0 Å². The van der Waals surface area contributed by atoms with E-state index in [1.54, 1.807) is 7.11 Å². The van der Waals surface area contributed by atoms with Gasteiger partial charge in [0, 0.05) is 20.5 Å². The van der Waals surface area contributed by atoms with E-state index in [0.29, 0.717) is 6.42 Å². The van der Waals surface area contributed by atoms with Crippen molar-refractivity contribution in [2.24, 2.45) is 0 Å². The average molecular weight is 174 g/mol. The summed E-state index contributed by atoms with van der Waals surface area (Å²) in [4.78, 5) is 10.6. The van der Waals surface area contributed by atoms with Gasteiger partial charge in [-0.2, -0.15) is 0 Å². The van der Waals surface area contributed by atoms with Crippen molar-refractivity contribution in [3.63, 3.8) is 0 Å². The maximum Gasteiger partial charge on any atom is 0.302 e. The highest BCUT2D eigenvalue weighted by Gasteiger charge is 2.21. The first-order valence-electron chi connectivity index (χ1n) is 4.10. The molecule has 72 valence electrons. The van der Waals surface area contributed by atoms with Crippen LogP contribution in [-0.4, -0.2) is 24.8 Å². The Hall–Kier alpha value is -0.570. The van der Waals surface area contributed by atoms with Gasteiger partial charge in [0.2, 0.25) is 0 Å². The van der Waals surface area contributed by atoms with E-state index in [1.165, 1.54) is 6.92 Å². The molecule has 0 unspecified atom stereocenters. The summed E-state index contributed by atoms with van der Waals surface area (Å²) < 4.78 is 10.2. The van der Waals surface area contributed by atoms with Crippen LogP contribution < -0.4 is 0 Å². The van der Waals surface area contributed by atoms with E-state index in [1.807, 2.05) is 20.8 Å². The first-order chi connectivity index (χ1) is 5.37. The number of rotatable bonds is 4. The van der Waals surface area contributed by atoms with Gasteiger partial charge in [-0.05, 0) is 20.8 Å². The minimum atomic E-state index is -0.241. The minimum Gasteiger partial charge on any atom is -0.463 e. The summed E-state index contributed by atoms with van der Waals surface area (Å²) in [7, 11) is 1.65. The van der Waals surface area contributed by atoms with Crippen LogP contribution in [0.25, 0.3) is 0 Å². The predicted octanol–water partition coefficient (Wildman–Crippen LogP) is 1.75. The predicted molar refractivity (Wildman–Crippen MR) is 46.9 cm³/mol. The molecule has 0 aromatic heterocycles. The molecule has 0 heterocycles. The van der Waals surface area contributed by atoms with Gasteiger partial charge < -0.3 is 9.47 Å². The van der Waals surface area contributed by atoms with E-state index >= 15 is 0 Å². The summed E-state index contributed by atoms with van der Waals surface area (Å²) >= 11 is 0. The molecule has 0 amide bonds. The lowest BCUT2D eigenvalue weighted by molar-refractivity contribution is -0.148. The molecule has 3 heteroatoms. The van der Waals surface area contributed by atoms with E-state index in [2.05, 4.69) is 0 Å². The molecule has 0 fully saturated rings. The second kappa shape index (κ2) is 4.45. The molecule has 0 aliphatic heterocycles. The zero-order valence-corrected chi connectivity index (χ0v) is 8.51. The third kappa shape index (κ3) is 5.13. The van der Waals surface area contributed by atoms with E-state index in [0.717, 1.165) is 0 Å². The number of hydrogen-bond acceptors (Lipinski definition) is 3. The Labute approximate surface area is 74.0 Å². The monoisotopic (exact) mass is 174 g/mol. The van der Waals surface area contributed by atoms with Gasteiger partial charge in [-0.15, -0.1) is 0 Å². The summed E-state index contributed by atoms with van der Waals surface area (Å²) in [6.45, 7) is 7.21. The molecular formula is C9H18O3. The molecule has 0 bridgehead atoms. The highest BCUT2D eigenvalue weighted by Crippen LogP contribution is 2.17. The average Bonchev–Trinajstić information content (AvgIpc) is 1.84. The second-order valence-electron chi connectivity index (χ2n) is 3.59. The maximum atomic E-state index is 10.6. The number of carbonyl (C=O) groups is 1. The van der Waals surface area contributed by atoms with Crippen LogP contribution in [0.4, 0.5) is 0 Å². The summed E-state index contributed by atoms with van der Waals surface area (Å²) in [6.07, 6.45) is 0.626. The van der Waals surface area contributed by atoms with Crippen molar-refractivity contribution in [2.75, 3.05) is 7.11 Å². The molecule has 0 radical (unpaired) electrons. The van der Waals surface area contributed by atoms with Crippen LogP contribution in [-0.2, 0) is 14.3 Å². The van der Waals surface area contributed by atoms with Crippen molar-refractivity contribution in [1.82, 2.24) is 0 Å². The van der Waals surface area contributed by atoms with Crippen molar-refractivity contribution in [3.05, 3.63) is 0 Å². The molecule has 0 N–H and O–H groups in total. The molecule has 0 saturated carbocycles. The molecule has 0 aromatic carbocycles. The number of hydrogen-bond donors (Lipinski definition) is 0. The third-order valence-electron chi connectivity index (χ3n) is 1.70. The summed E-state index contributed by atoms with van der Waals surface area (Å²) in [5.41, 5.74) is -0.227. The van der Waals surface area contributed by atoms with Crippen LogP contribution in [0, 0.1) is 0 Å². The van der Waals surface area contributed by atoms with Crippen molar-refractivity contribution in [3.8, 4) is 0 Å². The van der Waals surface area contributed by atoms with Crippen LogP contribution in [0.5, 0.6) is 0 Å². The SMILES string of the molecule is COC(C)(C)C[C@@H](C)OC(C)=O. The lowest BCUT2D eigenvalue weighted by atomic mass is 10.0. The van der Waals surface area contributed by atoms with Crippen LogP contribution in [0.2, 0.25) is 0 Å². The van der Waals surface area contributed by atoms with Crippen LogP contribution in [0.1, 0.15) is 34.1 Å². The van der Waals surface area contributed by atoms with E-state index in [9.17, 15) is 4.79 Å². The molecule has 0 aliphatic rings. The molecule has 1 atom stereocenters. The highest BCUT2D eigenvalue weighted by molar-refractivity contribution is 5.66. The molecule has 12 heavy (non-hydrogen) atoms. The van der Waals surface area contributed by atoms with E-state index in [-0.39, 0.29) is 17.7 Å². The Balaban J connectivity index is 3.83. The van der Waals surface area contributed by atoms with Crippen LogP contribution in [0.3, 0.4) is 0 Å². The first kappa shape index (κ1) is 11.4. The van der Waals surface area contributed by atoms with Gasteiger partial charge in [0.05, 0.1) is 5.60 Å². The fourth-order valence-corrected chi connectivity index (χ4v) is 1.10. The molecule has 0 saturated heterocycles. The van der Waals surface area contributed by atoms with Gasteiger partial charge >= 0.3 is 5.97 Å². The van der Waals surface area contributed by atoms with Crippen LogP contribution >= 0.6 is 0 Å². The Morgan fingerprint density at radius 1 is 1.50 bits per heavy atom. The number of carbonyl (C=O) groups excluding carboxylic acids is 1. The van der Waals surface area contributed by atoms with Crippen molar-refractivity contribution in [1.29, 1.82) is 0 Å². The maximum absolute atomic E-state index is 10.6. The standard InChI is InChI=1S/C9H18O3/c1-7(12-8(2)10)6-9(3,4)11-5/h7H,6H2,1-5H3/t7-/m1/s1. The molecule has 0 spiro atoms. The fourth-order valence-electron chi connectivity index (χ4n) is 1.10. The lowest BCUT2D eigenvalue weighted by Gasteiger charge is -2.26. The normalized spacial score (nSPS) is 14.1. The Morgan fingerprint density at radius 3 is 2.33 bits per heavy atom. The smallest absolute Gasteiger partial charge is 0.302 e. The zero-order chi connectivity index (χ0) is 9.78. The van der Waals surface area contributed by atoms with Gasteiger partial charge in [0.1, 0.15) is 6.10 Å². The topological polar surface area (TPSA) is 35.5 Å². The van der Waals surface area contributed by atoms with E-state index in [4.69, 9.17) is 9.47 Å². The van der Waals surface area contributed by atoms with Crippen LogP contribution in [0.15, 0.2) is 0 Å².